The third kappa shape index (κ3) is 7.06. The summed E-state index contributed by atoms with van der Waals surface area (Å²) in [5.74, 6) is -3.33. The Morgan fingerprint density at radius 2 is 1.33 bits per heavy atom. The number of ether oxygens (including phenoxy) is 3. The molecular formula is C24H22N2O10. The molecule has 2 aromatic rings. The number of hydrogen-bond acceptors (Lipinski definition) is 10. The molecular weight excluding hydrogens is 476 g/mol. The van der Waals surface area contributed by atoms with Gasteiger partial charge in [0.1, 0.15) is 5.76 Å². The molecule has 2 rings (SSSR count). The first-order chi connectivity index (χ1) is 17.1. The van der Waals surface area contributed by atoms with Crippen LogP contribution in [-0.4, -0.2) is 41.0 Å². The first-order valence-electron chi connectivity index (χ1n) is 10.6. The SMILES string of the molecule is C=C(C/C(C(=O)OCC)=C(/OC(=O)c1cccc([N+](=O)[O-])c1)c1cccc([N+](=O)[O-])c1)C(=O)OCC. The Bertz CT molecular complexity index is 1250. The molecule has 0 N–H and O–H groups in total. The van der Waals surface area contributed by atoms with Crippen molar-refractivity contribution < 1.29 is 38.4 Å². The van der Waals surface area contributed by atoms with Crippen LogP contribution in [0.3, 0.4) is 0 Å². The smallest absolute Gasteiger partial charge is 0.343 e. The molecule has 0 aliphatic rings. The fraction of sp³-hybridized carbons (Fsp3) is 0.208. The third-order valence-electron chi connectivity index (χ3n) is 4.56. The van der Waals surface area contributed by atoms with Crippen molar-refractivity contribution in [1.82, 2.24) is 0 Å². The maximum atomic E-state index is 13.0. The van der Waals surface area contributed by atoms with Crippen LogP contribution in [0.5, 0.6) is 0 Å². The number of rotatable bonds is 11. The van der Waals surface area contributed by atoms with E-state index in [9.17, 15) is 34.6 Å². The molecule has 36 heavy (non-hydrogen) atoms. The van der Waals surface area contributed by atoms with Crippen molar-refractivity contribution in [2.45, 2.75) is 20.3 Å². The van der Waals surface area contributed by atoms with Crippen molar-refractivity contribution in [1.29, 1.82) is 0 Å². The van der Waals surface area contributed by atoms with Gasteiger partial charge < -0.3 is 14.2 Å². The van der Waals surface area contributed by atoms with E-state index in [1.54, 1.807) is 6.92 Å². The van der Waals surface area contributed by atoms with E-state index >= 15 is 0 Å². The minimum atomic E-state index is -1.09. The number of hydrogen-bond donors (Lipinski definition) is 0. The molecule has 0 bridgehead atoms. The molecule has 12 heteroatoms. The number of carbonyl (C=O) groups excluding carboxylic acids is 3. The lowest BCUT2D eigenvalue weighted by Crippen LogP contribution is -2.17. The van der Waals surface area contributed by atoms with E-state index in [0.29, 0.717) is 0 Å². The van der Waals surface area contributed by atoms with E-state index in [2.05, 4.69) is 6.58 Å². The molecule has 0 aliphatic heterocycles. The Morgan fingerprint density at radius 1 is 0.833 bits per heavy atom. The standard InChI is InChI=1S/C24H22N2O10/c1-4-34-22(27)15(3)12-20(24(29)35-5-2)21(16-8-6-10-18(13-16)25(30)31)36-23(28)17-9-7-11-19(14-17)26(32)33/h6-11,13-14H,3-5,12H2,1-2H3/b21-20-. The van der Waals surface area contributed by atoms with Crippen LogP contribution in [0, 0.1) is 20.2 Å². The van der Waals surface area contributed by atoms with Gasteiger partial charge in [0.25, 0.3) is 11.4 Å². The number of non-ortho nitro benzene ring substituents is 2. The Balaban J connectivity index is 2.69. The molecule has 0 radical (unpaired) electrons. The minimum absolute atomic E-state index is 0.0375. The van der Waals surface area contributed by atoms with Crippen LogP contribution < -0.4 is 0 Å². The van der Waals surface area contributed by atoms with Crippen LogP contribution in [0.15, 0.2) is 66.3 Å². The maximum Gasteiger partial charge on any atom is 0.343 e. The fourth-order valence-electron chi connectivity index (χ4n) is 2.94. The zero-order valence-electron chi connectivity index (χ0n) is 19.4. The molecule has 12 nitrogen and oxygen atoms in total. The van der Waals surface area contributed by atoms with E-state index in [0.717, 1.165) is 12.1 Å². The highest BCUT2D eigenvalue weighted by Crippen LogP contribution is 2.30. The van der Waals surface area contributed by atoms with E-state index in [1.165, 1.54) is 43.3 Å². The average Bonchev–Trinajstić information content (AvgIpc) is 2.86. The van der Waals surface area contributed by atoms with Crippen molar-refractivity contribution in [3.05, 3.63) is 97.6 Å². The Morgan fingerprint density at radius 3 is 1.86 bits per heavy atom. The lowest BCUT2D eigenvalue weighted by atomic mass is 10.0. The monoisotopic (exact) mass is 498 g/mol. The molecule has 0 amide bonds. The van der Waals surface area contributed by atoms with Crippen LogP contribution in [0.4, 0.5) is 11.4 Å². The van der Waals surface area contributed by atoms with Gasteiger partial charge >= 0.3 is 17.9 Å². The van der Waals surface area contributed by atoms with Gasteiger partial charge in [-0.15, -0.1) is 0 Å². The second-order valence-corrected chi connectivity index (χ2v) is 7.03. The summed E-state index contributed by atoms with van der Waals surface area (Å²) >= 11 is 0. The molecule has 188 valence electrons. The summed E-state index contributed by atoms with van der Waals surface area (Å²) in [7, 11) is 0. The predicted molar refractivity (Wildman–Crippen MR) is 126 cm³/mol. The summed E-state index contributed by atoms with van der Waals surface area (Å²) in [5.41, 5.74) is -1.54. The normalized spacial score (nSPS) is 11.1. The van der Waals surface area contributed by atoms with Crippen LogP contribution in [0.2, 0.25) is 0 Å². The largest absolute Gasteiger partial charge is 0.463 e. The van der Waals surface area contributed by atoms with Gasteiger partial charge in [-0.25, -0.2) is 14.4 Å². The van der Waals surface area contributed by atoms with Gasteiger partial charge in [-0.2, -0.15) is 0 Å². The summed E-state index contributed by atoms with van der Waals surface area (Å²) in [4.78, 5) is 59.0. The van der Waals surface area contributed by atoms with Crippen molar-refractivity contribution >= 4 is 35.0 Å². The molecule has 0 saturated carbocycles. The number of esters is 3. The minimum Gasteiger partial charge on any atom is -0.463 e. The number of benzene rings is 2. The summed E-state index contributed by atoms with van der Waals surface area (Å²) in [6.07, 6.45) is -0.474. The van der Waals surface area contributed by atoms with Crippen molar-refractivity contribution in [2.24, 2.45) is 0 Å². The molecule has 0 atom stereocenters. The second-order valence-electron chi connectivity index (χ2n) is 7.03. The topological polar surface area (TPSA) is 165 Å². The molecule has 0 fully saturated rings. The fourth-order valence-corrected chi connectivity index (χ4v) is 2.94. The van der Waals surface area contributed by atoms with Gasteiger partial charge in [-0.3, -0.25) is 20.2 Å². The highest BCUT2D eigenvalue weighted by molar-refractivity contribution is 6.02. The van der Waals surface area contributed by atoms with Crippen LogP contribution in [-0.2, 0) is 23.8 Å². The van der Waals surface area contributed by atoms with E-state index in [4.69, 9.17) is 14.2 Å². The molecule has 0 saturated heterocycles. The van der Waals surface area contributed by atoms with Crippen molar-refractivity contribution in [2.75, 3.05) is 13.2 Å². The van der Waals surface area contributed by atoms with E-state index in [1.807, 2.05) is 0 Å². The quantitative estimate of drug-likeness (QED) is 0.110. The van der Waals surface area contributed by atoms with E-state index < -0.39 is 39.9 Å². The van der Waals surface area contributed by atoms with Crippen molar-refractivity contribution in [3.63, 3.8) is 0 Å². The first kappa shape index (κ1) is 27.4. The molecule has 0 unspecified atom stereocenters. The van der Waals surface area contributed by atoms with Crippen LogP contribution in [0.1, 0.15) is 36.2 Å². The van der Waals surface area contributed by atoms with E-state index in [-0.39, 0.29) is 46.9 Å². The average molecular weight is 498 g/mol. The highest BCUT2D eigenvalue weighted by Gasteiger charge is 2.27. The molecule has 0 heterocycles. The Kier molecular flexibility index (Phi) is 9.55. The molecule has 0 spiro atoms. The third-order valence-corrected chi connectivity index (χ3v) is 4.56. The summed E-state index contributed by atoms with van der Waals surface area (Å²) < 4.78 is 15.4. The van der Waals surface area contributed by atoms with Gasteiger partial charge in [0.15, 0.2) is 0 Å². The summed E-state index contributed by atoms with van der Waals surface area (Å²) in [5, 5.41) is 22.4. The second kappa shape index (κ2) is 12.6. The lowest BCUT2D eigenvalue weighted by molar-refractivity contribution is -0.385. The summed E-state index contributed by atoms with van der Waals surface area (Å²) in [6.45, 7) is 6.67. The molecule has 0 aromatic heterocycles. The maximum absolute atomic E-state index is 13.0. The Hall–Kier alpha value is -4.87. The highest BCUT2D eigenvalue weighted by atomic mass is 16.6. The van der Waals surface area contributed by atoms with Gasteiger partial charge in [0, 0.05) is 41.8 Å². The van der Waals surface area contributed by atoms with Crippen molar-refractivity contribution in [3.8, 4) is 0 Å². The van der Waals surface area contributed by atoms with Crippen LogP contribution in [0.25, 0.3) is 5.76 Å². The number of nitrogens with zero attached hydrogens (tertiary/aromatic N) is 2. The van der Waals surface area contributed by atoms with Gasteiger partial charge in [-0.1, -0.05) is 24.8 Å². The zero-order chi connectivity index (χ0) is 26.8. The zero-order valence-corrected chi connectivity index (χ0v) is 19.4. The predicted octanol–water partition coefficient (Wildman–Crippen LogP) is 4.14. The molecule has 2 aromatic carbocycles. The van der Waals surface area contributed by atoms with Gasteiger partial charge in [-0.05, 0) is 19.9 Å². The van der Waals surface area contributed by atoms with Crippen LogP contribution >= 0.6 is 0 Å². The first-order valence-corrected chi connectivity index (χ1v) is 10.6. The summed E-state index contributed by atoms with van der Waals surface area (Å²) in [6, 6.07) is 9.54. The Labute approximate surface area is 205 Å². The number of nitro benzene ring substituents is 2. The number of nitro groups is 2. The lowest BCUT2D eigenvalue weighted by Gasteiger charge is -2.16. The molecule has 0 aliphatic carbocycles. The van der Waals surface area contributed by atoms with Gasteiger partial charge in [0.2, 0.25) is 0 Å². The number of carbonyl (C=O) groups is 3. The van der Waals surface area contributed by atoms with Gasteiger partial charge in [0.05, 0.1) is 34.2 Å².